The minimum absolute atomic E-state index is 0.0717. The van der Waals surface area contributed by atoms with Gasteiger partial charge in [0.25, 0.3) is 5.56 Å². The first-order chi connectivity index (χ1) is 11.2. The highest BCUT2D eigenvalue weighted by molar-refractivity contribution is 7.71. The summed E-state index contributed by atoms with van der Waals surface area (Å²) in [5, 5.41) is 2.52. The average Bonchev–Trinajstić information content (AvgIpc) is 2.51. The molecule has 1 unspecified atom stereocenters. The fourth-order valence-electron chi connectivity index (χ4n) is 2.91. The van der Waals surface area contributed by atoms with Crippen molar-refractivity contribution in [2.24, 2.45) is 7.05 Å². The Morgan fingerprint density at radius 3 is 2.58 bits per heavy atom. The van der Waals surface area contributed by atoms with Crippen LogP contribution in [0.15, 0.2) is 29.1 Å². The summed E-state index contributed by atoms with van der Waals surface area (Å²) < 4.78 is 41.4. The summed E-state index contributed by atoms with van der Waals surface area (Å²) in [6, 6.07) is 4.95. The molecule has 24 heavy (non-hydrogen) atoms. The van der Waals surface area contributed by atoms with Crippen molar-refractivity contribution in [1.29, 1.82) is 0 Å². The summed E-state index contributed by atoms with van der Waals surface area (Å²) in [5.41, 5.74) is -1.50. The summed E-state index contributed by atoms with van der Waals surface area (Å²) in [4.78, 5) is 26.7. The Labute approximate surface area is 139 Å². The van der Waals surface area contributed by atoms with E-state index in [0.29, 0.717) is 0 Å². The first-order valence-electron chi connectivity index (χ1n) is 6.99. The number of amides is 1. The molecule has 9 heteroatoms. The monoisotopic (exact) mass is 355 g/mol. The molecule has 0 saturated carbocycles. The molecule has 0 bridgehead atoms. The molecule has 0 spiro atoms. The van der Waals surface area contributed by atoms with Gasteiger partial charge in [-0.1, -0.05) is 18.2 Å². The second kappa shape index (κ2) is 5.59. The number of anilines is 1. The quantitative estimate of drug-likeness (QED) is 0.773. The van der Waals surface area contributed by atoms with Crippen LogP contribution in [0.4, 0.5) is 19.0 Å². The van der Waals surface area contributed by atoms with Gasteiger partial charge in [0.05, 0.1) is 11.1 Å². The maximum absolute atomic E-state index is 13.3. The van der Waals surface area contributed by atoms with E-state index in [0.717, 1.165) is 6.07 Å². The molecule has 126 valence electrons. The summed E-state index contributed by atoms with van der Waals surface area (Å²) in [6.45, 7) is 0. The van der Waals surface area contributed by atoms with Crippen molar-refractivity contribution in [1.82, 2.24) is 9.55 Å². The number of alkyl halides is 3. The fourth-order valence-corrected chi connectivity index (χ4v) is 3.09. The van der Waals surface area contributed by atoms with E-state index in [2.05, 4.69) is 10.3 Å². The van der Waals surface area contributed by atoms with Crippen LogP contribution in [0, 0.1) is 4.77 Å². The van der Waals surface area contributed by atoms with Crippen molar-refractivity contribution in [2.45, 2.75) is 18.5 Å². The van der Waals surface area contributed by atoms with Crippen LogP contribution >= 0.6 is 12.2 Å². The minimum Gasteiger partial charge on any atom is -0.312 e. The smallest absolute Gasteiger partial charge is 0.312 e. The van der Waals surface area contributed by atoms with Gasteiger partial charge in [-0.15, -0.1) is 0 Å². The molecule has 1 aliphatic heterocycles. The van der Waals surface area contributed by atoms with Crippen molar-refractivity contribution >= 4 is 23.9 Å². The molecule has 0 radical (unpaired) electrons. The number of nitrogens with one attached hydrogen (secondary N) is 2. The molecule has 1 atom stereocenters. The van der Waals surface area contributed by atoms with E-state index in [9.17, 15) is 22.8 Å². The maximum atomic E-state index is 13.3. The predicted octanol–water partition coefficient (Wildman–Crippen LogP) is 2.94. The molecule has 1 aromatic carbocycles. The average molecular weight is 355 g/mol. The maximum Gasteiger partial charge on any atom is 0.416 e. The molecular weight excluding hydrogens is 343 g/mol. The summed E-state index contributed by atoms with van der Waals surface area (Å²) in [5.74, 6) is -1.35. The topological polar surface area (TPSA) is 66.9 Å². The van der Waals surface area contributed by atoms with Gasteiger partial charge in [-0.05, 0) is 23.8 Å². The lowest BCUT2D eigenvalue weighted by molar-refractivity contribution is -0.138. The molecule has 3 rings (SSSR count). The molecule has 1 aliphatic rings. The van der Waals surface area contributed by atoms with Crippen LogP contribution in [0.25, 0.3) is 0 Å². The van der Waals surface area contributed by atoms with E-state index in [1.54, 1.807) is 0 Å². The summed E-state index contributed by atoms with van der Waals surface area (Å²) in [6.07, 6.45) is -4.84. The van der Waals surface area contributed by atoms with Crippen LogP contribution in [-0.2, 0) is 18.0 Å². The van der Waals surface area contributed by atoms with E-state index >= 15 is 0 Å². The van der Waals surface area contributed by atoms with Crippen molar-refractivity contribution in [3.63, 3.8) is 0 Å². The van der Waals surface area contributed by atoms with E-state index in [1.165, 1.54) is 29.8 Å². The molecule has 0 aliphatic carbocycles. The molecule has 1 amide bonds. The Balaban J connectivity index is 2.31. The predicted molar refractivity (Wildman–Crippen MR) is 83.4 cm³/mol. The molecule has 2 heterocycles. The second-order valence-corrected chi connectivity index (χ2v) is 5.86. The summed E-state index contributed by atoms with van der Waals surface area (Å²) in [7, 11) is 1.52. The van der Waals surface area contributed by atoms with Crippen LogP contribution in [-0.4, -0.2) is 15.5 Å². The lowest BCUT2D eigenvalue weighted by Crippen LogP contribution is -2.33. The van der Waals surface area contributed by atoms with E-state index < -0.39 is 29.1 Å². The lowest BCUT2D eigenvalue weighted by atomic mass is 9.84. The normalized spacial score (nSPS) is 17.3. The van der Waals surface area contributed by atoms with Crippen LogP contribution in [0.5, 0.6) is 0 Å². The van der Waals surface area contributed by atoms with Crippen molar-refractivity contribution in [2.75, 3.05) is 5.32 Å². The van der Waals surface area contributed by atoms with Crippen LogP contribution in [0.1, 0.15) is 29.0 Å². The van der Waals surface area contributed by atoms with Gasteiger partial charge in [-0.3, -0.25) is 14.6 Å². The lowest BCUT2D eigenvalue weighted by Gasteiger charge is -2.28. The zero-order valence-corrected chi connectivity index (χ0v) is 13.2. The molecule has 0 fully saturated rings. The van der Waals surface area contributed by atoms with Gasteiger partial charge < -0.3 is 9.88 Å². The molecule has 2 N–H and O–H groups in total. The Morgan fingerprint density at radius 2 is 1.92 bits per heavy atom. The number of carbonyl (C=O) groups is 1. The number of halogens is 3. The third-order valence-corrected chi connectivity index (χ3v) is 4.37. The fraction of sp³-hybridized carbons (Fsp3) is 0.267. The SMILES string of the molecule is Cn1c2c(c(=O)[nH]c1=S)C(c1ccccc1C(F)(F)F)CC(=O)N2. The van der Waals surface area contributed by atoms with Crippen LogP contribution in [0.3, 0.4) is 0 Å². The number of aromatic nitrogens is 2. The zero-order chi connectivity index (χ0) is 17.6. The largest absolute Gasteiger partial charge is 0.416 e. The van der Waals surface area contributed by atoms with E-state index in [-0.39, 0.29) is 28.1 Å². The van der Waals surface area contributed by atoms with Gasteiger partial charge >= 0.3 is 6.18 Å². The van der Waals surface area contributed by atoms with Crippen LogP contribution < -0.4 is 10.9 Å². The number of H-pyrrole nitrogens is 1. The molecule has 2 aromatic rings. The van der Waals surface area contributed by atoms with Gasteiger partial charge in [0, 0.05) is 19.4 Å². The number of nitrogens with zero attached hydrogens (tertiary/aromatic N) is 1. The summed E-state index contributed by atoms with van der Waals surface area (Å²) >= 11 is 4.98. The van der Waals surface area contributed by atoms with Crippen molar-refractivity contribution in [3.05, 3.63) is 56.1 Å². The molecule has 1 aromatic heterocycles. The van der Waals surface area contributed by atoms with Crippen molar-refractivity contribution in [3.8, 4) is 0 Å². The first kappa shape index (κ1) is 16.4. The molecule has 0 saturated heterocycles. The number of aromatic amines is 1. The highest BCUT2D eigenvalue weighted by Crippen LogP contribution is 2.41. The molecule has 5 nitrogen and oxygen atoms in total. The Bertz CT molecular complexity index is 946. The van der Waals surface area contributed by atoms with E-state index in [4.69, 9.17) is 12.2 Å². The molecular formula is C15H12F3N3O2S. The minimum atomic E-state index is -4.59. The van der Waals surface area contributed by atoms with Gasteiger partial charge in [0.2, 0.25) is 5.91 Å². The number of hydrogen-bond acceptors (Lipinski definition) is 3. The van der Waals surface area contributed by atoms with Crippen molar-refractivity contribution < 1.29 is 18.0 Å². The third kappa shape index (κ3) is 2.64. The van der Waals surface area contributed by atoms with Crippen LogP contribution in [0.2, 0.25) is 0 Å². The van der Waals surface area contributed by atoms with Gasteiger partial charge in [-0.2, -0.15) is 13.2 Å². The standard InChI is InChI=1S/C15H12F3N3O2S/c1-21-12-11(13(23)20-14(21)24)8(6-10(22)19-12)7-4-2-3-5-9(7)15(16,17)18/h2-5,8H,6H2,1H3,(H,19,22)(H,20,23,24). The first-order valence-corrected chi connectivity index (χ1v) is 7.40. The third-order valence-electron chi connectivity index (χ3n) is 4.00. The second-order valence-electron chi connectivity index (χ2n) is 5.47. The number of rotatable bonds is 1. The number of benzene rings is 1. The van der Waals surface area contributed by atoms with E-state index in [1.807, 2.05) is 0 Å². The van der Waals surface area contributed by atoms with Gasteiger partial charge in [0.15, 0.2) is 4.77 Å². The van der Waals surface area contributed by atoms with Gasteiger partial charge in [-0.25, -0.2) is 0 Å². The Kier molecular flexibility index (Phi) is 3.83. The number of carbonyl (C=O) groups excluding carboxylic acids is 1. The Hall–Kier alpha value is -2.42. The number of fused-ring (bicyclic) bond motifs is 1. The highest BCUT2D eigenvalue weighted by atomic mass is 32.1. The number of hydrogen-bond donors (Lipinski definition) is 2. The highest BCUT2D eigenvalue weighted by Gasteiger charge is 2.39. The zero-order valence-electron chi connectivity index (χ0n) is 12.4. The Morgan fingerprint density at radius 1 is 1.25 bits per heavy atom. The van der Waals surface area contributed by atoms with Gasteiger partial charge in [0.1, 0.15) is 5.82 Å².